The Bertz CT molecular complexity index is 2170. The lowest BCUT2D eigenvalue weighted by Crippen LogP contribution is -2.75. The Hall–Kier alpha value is -4.38. The number of amides is 1. The van der Waals surface area contributed by atoms with Gasteiger partial charge in [0, 0.05) is 68.7 Å². The maximum absolute atomic E-state index is 13.2. The van der Waals surface area contributed by atoms with E-state index in [1.54, 1.807) is 18.2 Å². The number of carbonyl (C=O) groups excluding carboxylic acids is 2. The second kappa shape index (κ2) is 15.1. The SMILES string of the molecule is O=C(CCCOCCOCCNC(=O)OC1=CC[C@@]2(O)[C@H]3Cc4ccc(O)c5c4[C@@]2(CCN3CC2CC2)[C@H]1O5)OC1=CC[C@@]2(O)[C@H]3Cc4ccc(O)c5c4[C@@]2(CCN3CC2CC2)[C@H]1O5. The molecule has 4 heterocycles. The number of nitrogens with one attached hydrogen (secondary N) is 1. The Morgan fingerprint density at radius 3 is 1.75 bits per heavy atom. The van der Waals surface area contributed by atoms with Gasteiger partial charge >= 0.3 is 12.1 Å². The molecule has 2 saturated carbocycles. The molecular weight excluding hydrogens is 823 g/mol. The molecule has 2 saturated heterocycles. The minimum absolute atomic E-state index is 0.0292. The molecule has 1 amide bonds. The van der Waals surface area contributed by atoms with Crippen LogP contribution in [-0.2, 0) is 47.4 Å². The van der Waals surface area contributed by atoms with E-state index in [1.807, 2.05) is 18.2 Å². The average Bonchev–Trinajstić information content (AvgIpc) is 4.20. The number of hydrogen-bond donors (Lipinski definition) is 5. The van der Waals surface area contributed by atoms with Crippen molar-refractivity contribution in [2.45, 2.75) is 123 Å². The first-order chi connectivity index (χ1) is 31.0. The first kappa shape index (κ1) is 41.1. The number of hydrogen-bond acceptors (Lipinski definition) is 14. The third-order valence-corrected chi connectivity index (χ3v) is 16.8. The molecule has 15 nitrogen and oxygen atoms in total. The maximum atomic E-state index is 13.2. The highest BCUT2D eigenvalue weighted by Gasteiger charge is 2.74. The zero-order valence-electron chi connectivity index (χ0n) is 36.2. The number of nitrogens with zero attached hydrogens (tertiary/aromatic N) is 2. The minimum Gasteiger partial charge on any atom is -0.504 e. The predicted octanol–water partition coefficient (Wildman–Crippen LogP) is 4.00. The number of rotatable bonds is 16. The molecule has 0 unspecified atom stereocenters. The van der Waals surface area contributed by atoms with Crippen molar-refractivity contribution >= 4 is 12.1 Å². The number of aliphatic hydroxyl groups is 2. The lowest BCUT2D eigenvalue weighted by Gasteiger charge is -2.62. The van der Waals surface area contributed by atoms with E-state index in [4.69, 9.17) is 28.4 Å². The highest BCUT2D eigenvalue weighted by Crippen LogP contribution is 2.67. The van der Waals surface area contributed by atoms with Gasteiger partial charge in [-0.15, -0.1) is 0 Å². The largest absolute Gasteiger partial charge is 0.504 e. The summed E-state index contributed by atoms with van der Waals surface area (Å²) in [5.41, 5.74) is 0.0465. The van der Waals surface area contributed by atoms with Crippen LogP contribution in [0.4, 0.5) is 4.79 Å². The highest BCUT2D eigenvalue weighted by atomic mass is 16.6. The van der Waals surface area contributed by atoms with Crippen molar-refractivity contribution in [3.63, 3.8) is 0 Å². The van der Waals surface area contributed by atoms with Gasteiger partial charge in [-0.1, -0.05) is 12.1 Å². The molecule has 4 bridgehead atoms. The van der Waals surface area contributed by atoms with Gasteiger partial charge in [0.05, 0.1) is 41.9 Å². The molecule has 15 heteroatoms. The number of piperidine rings is 2. The van der Waals surface area contributed by atoms with E-state index in [0.717, 1.165) is 48.4 Å². The van der Waals surface area contributed by atoms with E-state index in [9.17, 15) is 30.0 Å². The van der Waals surface area contributed by atoms with E-state index < -0.39 is 46.3 Å². The Morgan fingerprint density at radius 1 is 0.703 bits per heavy atom. The first-order valence-electron chi connectivity index (χ1n) is 23.7. The van der Waals surface area contributed by atoms with Crippen molar-refractivity contribution in [2.24, 2.45) is 11.8 Å². The maximum Gasteiger partial charge on any atom is 0.412 e. The molecule has 2 aromatic rings. The van der Waals surface area contributed by atoms with Gasteiger partial charge < -0.3 is 54.2 Å². The summed E-state index contributed by atoms with van der Waals surface area (Å²) in [6, 6.07) is 7.08. The van der Waals surface area contributed by atoms with Gasteiger partial charge in [-0.05, 0) is 118 Å². The monoisotopic (exact) mass is 881 g/mol. The quantitative estimate of drug-likeness (QED) is 0.120. The number of ether oxygens (including phenoxy) is 6. The van der Waals surface area contributed by atoms with E-state index >= 15 is 0 Å². The molecule has 4 aliphatic heterocycles. The summed E-state index contributed by atoms with van der Waals surface area (Å²) in [5, 5.41) is 49.7. The van der Waals surface area contributed by atoms with Crippen LogP contribution in [0.3, 0.4) is 0 Å². The smallest absolute Gasteiger partial charge is 0.412 e. The Kier molecular flexibility index (Phi) is 9.68. The third-order valence-electron chi connectivity index (χ3n) is 16.8. The summed E-state index contributed by atoms with van der Waals surface area (Å²) in [6.45, 7) is 4.92. The topological polar surface area (TPSA) is 189 Å². The summed E-state index contributed by atoms with van der Waals surface area (Å²) >= 11 is 0. The zero-order chi connectivity index (χ0) is 43.6. The minimum atomic E-state index is -1.12. The van der Waals surface area contributed by atoms with Crippen molar-refractivity contribution in [2.75, 3.05) is 59.2 Å². The molecule has 342 valence electrons. The van der Waals surface area contributed by atoms with E-state index in [-0.39, 0.29) is 49.8 Å². The summed E-state index contributed by atoms with van der Waals surface area (Å²) in [7, 11) is 0. The first-order valence-corrected chi connectivity index (χ1v) is 23.7. The lowest BCUT2D eigenvalue weighted by atomic mass is 9.50. The molecule has 5 N–H and O–H groups in total. The number of esters is 1. The number of benzene rings is 2. The number of alkyl carbamates (subject to hydrolysis) is 1. The van der Waals surface area contributed by atoms with Crippen LogP contribution in [0.15, 0.2) is 47.9 Å². The molecular formula is C49H59N3O12. The van der Waals surface area contributed by atoms with Crippen LogP contribution in [0.5, 0.6) is 23.0 Å². The van der Waals surface area contributed by atoms with Gasteiger partial charge in [0.25, 0.3) is 0 Å². The van der Waals surface area contributed by atoms with Crippen LogP contribution in [0.1, 0.15) is 86.5 Å². The molecule has 10 aliphatic rings. The fraction of sp³-hybridized carbons (Fsp3) is 0.633. The molecule has 64 heavy (non-hydrogen) atoms. The van der Waals surface area contributed by atoms with Gasteiger partial charge in [0.15, 0.2) is 35.2 Å². The van der Waals surface area contributed by atoms with Crippen LogP contribution in [0.25, 0.3) is 0 Å². The second-order valence-corrected chi connectivity index (χ2v) is 20.2. The van der Waals surface area contributed by atoms with E-state index in [1.165, 1.54) is 25.7 Å². The highest BCUT2D eigenvalue weighted by molar-refractivity contribution is 5.72. The normalized spacial score (nSPS) is 34.7. The summed E-state index contributed by atoms with van der Waals surface area (Å²) < 4.78 is 36.2. The Morgan fingerprint density at radius 2 is 1.22 bits per heavy atom. The fourth-order valence-electron chi connectivity index (χ4n) is 13.5. The van der Waals surface area contributed by atoms with Gasteiger partial charge in [0.2, 0.25) is 0 Å². The lowest BCUT2D eigenvalue weighted by molar-refractivity contribution is -0.174. The molecule has 2 aromatic carbocycles. The molecule has 0 aromatic heterocycles. The van der Waals surface area contributed by atoms with Crippen molar-refractivity contribution in [1.29, 1.82) is 0 Å². The van der Waals surface area contributed by atoms with Crippen molar-refractivity contribution in [3.05, 3.63) is 70.2 Å². The second-order valence-electron chi connectivity index (χ2n) is 20.2. The van der Waals surface area contributed by atoms with Crippen LogP contribution in [0, 0.1) is 11.8 Å². The van der Waals surface area contributed by atoms with Crippen molar-refractivity contribution in [3.8, 4) is 23.0 Å². The molecule has 8 atom stereocenters. The van der Waals surface area contributed by atoms with Gasteiger partial charge in [-0.3, -0.25) is 14.6 Å². The molecule has 6 aliphatic carbocycles. The van der Waals surface area contributed by atoms with Crippen molar-refractivity contribution < 1.29 is 58.4 Å². The van der Waals surface area contributed by atoms with E-state index in [0.29, 0.717) is 93.0 Å². The standard InChI is InChI=1S/C49H59N3O12/c53-32-9-7-30-24-36-48(57)13-11-34(43-46(48,39(30)41(32)63-43)15-18-51(36)26-28-3-4-28)61-38(55)2-1-20-59-22-23-60-21-17-50-45(56)62-35-12-14-49(58)37-25-31-8-10-33(54)42-40(31)47(49,44(35)64-42)16-19-52(37)27-29-5-6-29/h7-12,28-29,36-37,43-44,53-54,57-58H,1-6,13-27H2,(H,50,56)/t36-,37-,43+,44+,46+,47+,48-,49-/m1/s1. The van der Waals surface area contributed by atoms with Gasteiger partial charge in [-0.2, -0.15) is 0 Å². The molecule has 4 fully saturated rings. The molecule has 12 rings (SSSR count). The zero-order valence-corrected chi connectivity index (χ0v) is 36.2. The van der Waals surface area contributed by atoms with Crippen LogP contribution in [-0.4, -0.2) is 137 Å². The number of phenols is 2. The number of phenolic OH excluding ortho intramolecular Hbond substituents is 2. The van der Waals surface area contributed by atoms with Gasteiger partial charge in [0.1, 0.15) is 11.5 Å². The Balaban J connectivity index is 0.590. The number of likely N-dealkylation sites (tertiary alicyclic amines) is 2. The summed E-state index contributed by atoms with van der Waals surface area (Å²) in [6.07, 6.45) is 10.3. The van der Waals surface area contributed by atoms with Crippen LogP contribution in [0.2, 0.25) is 0 Å². The van der Waals surface area contributed by atoms with E-state index in [2.05, 4.69) is 15.1 Å². The third kappa shape index (κ3) is 6.06. The predicted molar refractivity (Wildman–Crippen MR) is 228 cm³/mol. The number of aromatic hydroxyl groups is 2. The van der Waals surface area contributed by atoms with Crippen molar-refractivity contribution in [1.82, 2.24) is 15.1 Å². The van der Waals surface area contributed by atoms with Gasteiger partial charge in [-0.25, -0.2) is 4.79 Å². The van der Waals surface area contributed by atoms with Crippen LogP contribution < -0.4 is 14.8 Å². The molecule has 2 spiro atoms. The Labute approximate surface area is 372 Å². The fourth-order valence-corrected chi connectivity index (χ4v) is 13.5. The number of carbonyl (C=O) groups is 2. The summed E-state index contributed by atoms with van der Waals surface area (Å²) in [4.78, 5) is 31.2. The molecule has 0 radical (unpaired) electrons. The summed E-state index contributed by atoms with van der Waals surface area (Å²) in [5.74, 6) is 2.57. The average molecular weight is 882 g/mol. The van der Waals surface area contributed by atoms with Crippen LogP contribution >= 0.6 is 0 Å².